The molecule has 0 saturated carbocycles. The molecule has 31 heavy (non-hydrogen) atoms. The van der Waals surface area contributed by atoms with Crippen LogP contribution in [0.2, 0.25) is 16.4 Å². The number of benzene rings is 2. The van der Waals surface area contributed by atoms with Gasteiger partial charge in [0.1, 0.15) is 0 Å². The summed E-state index contributed by atoms with van der Waals surface area (Å²) in [7, 11) is -1.18. The number of hydrogen-bond donors (Lipinski definition) is 3. The Morgan fingerprint density at radius 3 is 2.32 bits per heavy atom. The van der Waals surface area contributed by atoms with Crippen molar-refractivity contribution in [2.24, 2.45) is 3.95 Å². The quantitative estimate of drug-likeness (QED) is 0.116. The molecule has 1 heterocycles. The van der Waals surface area contributed by atoms with Crippen LogP contribution in [0.5, 0.6) is 11.5 Å². The van der Waals surface area contributed by atoms with Gasteiger partial charge in [-0.05, 0) is 6.07 Å². The van der Waals surface area contributed by atoms with Crippen molar-refractivity contribution in [2.45, 2.75) is 42.5 Å². The summed E-state index contributed by atoms with van der Waals surface area (Å²) in [5, 5.41) is 18.9. The van der Waals surface area contributed by atoms with Gasteiger partial charge in [-0.15, -0.1) is 0 Å². The average Bonchev–Trinajstić information content (AvgIpc) is 2.75. The Morgan fingerprint density at radius 1 is 1.00 bits per heavy atom. The fraction of sp³-hybridized carbons (Fsp3) is 0.455. The van der Waals surface area contributed by atoms with Crippen molar-refractivity contribution >= 4 is 50.4 Å². The number of hydrogen-bond acceptors (Lipinski definition) is 5. The second-order valence-corrected chi connectivity index (χ2v) is 14.0. The van der Waals surface area contributed by atoms with E-state index in [0.29, 0.717) is 26.0 Å². The van der Waals surface area contributed by atoms with Crippen LogP contribution >= 0.6 is 43.3 Å². The molecule has 0 aliphatic carbocycles. The monoisotopic (exact) mass is 578 g/mol. The molecule has 1 aliphatic heterocycles. The Bertz CT molecular complexity index is 821. The van der Waals surface area contributed by atoms with Crippen molar-refractivity contribution in [3.63, 3.8) is 0 Å². The third-order valence-electron chi connectivity index (χ3n) is 5.43. The van der Waals surface area contributed by atoms with E-state index in [-0.39, 0.29) is 0 Å². The zero-order chi connectivity index (χ0) is 22.2. The van der Waals surface area contributed by atoms with E-state index >= 15 is 0 Å². The number of nitrogens with two attached hydrogens (primary N) is 1. The van der Waals surface area contributed by atoms with Crippen LogP contribution in [-0.4, -0.2) is 43.5 Å². The molecule has 1 aliphatic rings. The Hall–Kier alpha value is -0.545. The number of unbranched alkanes of at least 4 members (excludes halogenated alkanes) is 1. The zero-order valence-electron chi connectivity index (χ0n) is 17.5. The van der Waals surface area contributed by atoms with E-state index in [1.54, 1.807) is 18.2 Å². The molecule has 3 rings (SSSR count). The van der Waals surface area contributed by atoms with E-state index in [1.807, 2.05) is 12.1 Å². The number of ether oxygens (including phenoxy) is 1. The SMILES string of the molecule is NI(CCCCB(O)O)C1CCN(Cc2ccc(Oc3ccc(Cl)c(Cl)c3)cc2)CC1. The fourth-order valence-corrected chi connectivity index (χ4v) is 8.41. The summed E-state index contributed by atoms with van der Waals surface area (Å²) >= 11 is 10.6. The van der Waals surface area contributed by atoms with Gasteiger partial charge < -0.3 is 0 Å². The number of rotatable bonds is 10. The van der Waals surface area contributed by atoms with Gasteiger partial charge in [-0.1, -0.05) is 23.2 Å². The van der Waals surface area contributed by atoms with Crippen molar-refractivity contribution in [1.29, 1.82) is 0 Å². The first-order chi connectivity index (χ1) is 14.9. The molecule has 0 aromatic heterocycles. The molecule has 0 amide bonds. The van der Waals surface area contributed by atoms with Gasteiger partial charge in [0.25, 0.3) is 0 Å². The van der Waals surface area contributed by atoms with E-state index in [0.717, 1.165) is 42.7 Å². The molecular formula is C22H30BCl2IN2O3. The van der Waals surface area contributed by atoms with E-state index in [4.69, 9.17) is 41.9 Å². The predicted octanol–water partition coefficient (Wildman–Crippen LogP) is 5.38. The molecule has 0 bridgehead atoms. The minimum absolute atomic E-state index is 0.458. The van der Waals surface area contributed by atoms with Crippen LogP contribution in [0.15, 0.2) is 42.5 Å². The Balaban J connectivity index is 1.40. The molecule has 4 N–H and O–H groups in total. The summed E-state index contributed by atoms with van der Waals surface area (Å²) in [6.07, 6.45) is 4.70. The predicted molar refractivity (Wildman–Crippen MR) is 139 cm³/mol. The molecule has 1 saturated heterocycles. The van der Waals surface area contributed by atoms with Crippen molar-refractivity contribution < 1.29 is 14.8 Å². The summed E-state index contributed by atoms with van der Waals surface area (Å²) in [6.45, 7) is 3.12. The molecule has 170 valence electrons. The van der Waals surface area contributed by atoms with E-state index in [9.17, 15) is 0 Å². The van der Waals surface area contributed by atoms with Gasteiger partial charge in [0, 0.05) is 0 Å². The van der Waals surface area contributed by atoms with Crippen LogP contribution in [0.3, 0.4) is 0 Å². The summed E-state index contributed by atoms with van der Waals surface area (Å²) in [5.41, 5.74) is 1.27. The molecule has 9 heteroatoms. The van der Waals surface area contributed by atoms with Crippen LogP contribution in [0.1, 0.15) is 31.2 Å². The van der Waals surface area contributed by atoms with Crippen LogP contribution < -0.4 is 8.68 Å². The second-order valence-electron chi connectivity index (χ2n) is 7.87. The van der Waals surface area contributed by atoms with E-state index in [2.05, 4.69) is 17.0 Å². The normalized spacial score (nSPS) is 15.7. The van der Waals surface area contributed by atoms with Crippen LogP contribution in [0, 0.1) is 0 Å². The second kappa shape index (κ2) is 12.6. The standard InChI is InChI=1S/C22H30BCl2IN2O3/c24-21-8-7-20(15-22(21)25)31-19-5-3-17(4-6-19)16-28-13-9-18(10-14-28)26(27)12-2-1-11-23(29)30/h3-8,15,18,29-30H,1-2,9-14,16,27H2. The third-order valence-corrected chi connectivity index (χ3v) is 11.7. The van der Waals surface area contributed by atoms with E-state index < -0.39 is 27.2 Å². The Kier molecular flexibility index (Phi) is 10.2. The number of halogens is 3. The maximum absolute atomic E-state index is 8.93. The minimum atomic E-state index is -1.41. The molecule has 0 radical (unpaired) electrons. The molecular weight excluding hydrogens is 549 g/mol. The summed E-state index contributed by atoms with van der Waals surface area (Å²) < 4.78 is 14.2. The topological polar surface area (TPSA) is 79.0 Å². The molecule has 2 aromatic carbocycles. The zero-order valence-corrected chi connectivity index (χ0v) is 21.2. The maximum atomic E-state index is 8.93. The molecule has 5 nitrogen and oxygen atoms in total. The van der Waals surface area contributed by atoms with Crippen molar-refractivity contribution in [1.82, 2.24) is 4.90 Å². The summed E-state index contributed by atoms with van der Waals surface area (Å²) in [6, 6.07) is 13.4. The Morgan fingerprint density at radius 2 is 1.68 bits per heavy atom. The average molecular weight is 579 g/mol. The number of nitrogens with zero attached hydrogens (tertiary/aromatic N) is 1. The molecule has 2 aromatic rings. The van der Waals surface area contributed by atoms with Gasteiger partial charge in [-0.25, -0.2) is 0 Å². The Labute approximate surface area is 202 Å². The molecule has 0 unspecified atom stereocenters. The first kappa shape index (κ1) is 25.1. The fourth-order valence-electron chi connectivity index (χ4n) is 3.67. The van der Waals surface area contributed by atoms with Crippen molar-refractivity contribution in [3.05, 3.63) is 58.1 Å². The molecule has 0 spiro atoms. The first-order valence-corrected chi connectivity index (χ1v) is 15.4. The number of likely N-dealkylation sites (tertiary alicyclic amines) is 1. The molecule has 1 fully saturated rings. The van der Waals surface area contributed by atoms with Gasteiger partial charge in [0.15, 0.2) is 0 Å². The summed E-state index contributed by atoms with van der Waals surface area (Å²) in [4.78, 5) is 2.50. The van der Waals surface area contributed by atoms with Gasteiger partial charge in [0.2, 0.25) is 0 Å². The van der Waals surface area contributed by atoms with Crippen molar-refractivity contribution in [2.75, 3.05) is 17.5 Å². The third kappa shape index (κ3) is 8.39. The van der Waals surface area contributed by atoms with Crippen LogP contribution in [-0.2, 0) is 6.54 Å². The van der Waals surface area contributed by atoms with E-state index in [1.165, 1.54) is 18.4 Å². The number of alkyl halides is 2. The van der Waals surface area contributed by atoms with Crippen molar-refractivity contribution in [3.8, 4) is 11.5 Å². The number of piperidine rings is 1. The first-order valence-electron chi connectivity index (χ1n) is 10.6. The van der Waals surface area contributed by atoms with Gasteiger partial charge >= 0.3 is 164 Å². The van der Waals surface area contributed by atoms with Crippen LogP contribution in [0.4, 0.5) is 0 Å². The van der Waals surface area contributed by atoms with Gasteiger partial charge in [-0.3, -0.25) is 0 Å². The van der Waals surface area contributed by atoms with Gasteiger partial charge in [-0.2, -0.15) is 0 Å². The molecule has 0 atom stereocenters. The van der Waals surface area contributed by atoms with Crippen LogP contribution in [0.25, 0.3) is 0 Å². The van der Waals surface area contributed by atoms with Gasteiger partial charge in [0.05, 0.1) is 10.0 Å². The summed E-state index contributed by atoms with van der Waals surface area (Å²) in [5.74, 6) is 1.44.